The molecule has 1 N–H and O–H groups in total. The smallest absolute Gasteiger partial charge is 0.254 e. The van der Waals surface area contributed by atoms with Crippen molar-refractivity contribution in [3.63, 3.8) is 0 Å². The summed E-state index contributed by atoms with van der Waals surface area (Å²) in [5, 5.41) is 11.4. The van der Waals surface area contributed by atoms with Crippen LogP contribution in [0.25, 0.3) is 0 Å². The largest absolute Gasteiger partial charge is 0.493 e. The Balaban J connectivity index is 1.78. The summed E-state index contributed by atoms with van der Waals surface area (Å²) in [7, 11) is 3.16. The highest BCUT2D eigenvalue weighted by atomic mass is 19.1. The van der Waals surface area contributed by atoms with E-state index in [1.54, 1.807) is 31.3 Å². The average Bonchev–Trinajstić information content (AvgIpc) is 2.77. The number of piperidine rings is 1. The third kappa shape index (κ3) is 3.65. The van der Waals surface area contributed by atoms with E-state index in [1.165, 1.54) is 12.1 Å². The Kier molecular flexibility index (Phi) is 5.69. The van der Waals surface area contributed by atoms with E-state index in [0.717, 1.165) is 31.2 Å². The topological polar surface area (TPSA) is 59.0 Å². The number of hydrogen-bond donors (Lipinski definition) is 1. The Labute approximate surface area is 176 Å². The number of rotatable bonds is 4. The van der Waals surface area contributed by atoms with Crippen molar-refractivity contribution in [1.29, 1.82) is 0 Å². The van der Waals surface area contributed by atoms with Crippen LogP contribution in [0.1, 0.15) is 54.1 Å². The van der Waals surface area contributed by atoms with Crippen molar-refractivity contribution in [2.75, 3.05) is 20.8 Å². The van der Waals surface area contributed by atoms with Gasteiger partial charge in [0.25, 0.3) is 5.91 Å². The van der Waals surface area contributed by atoms with Crippen LogP contribution < -0.4 is 9.47 Å². The van der Waals surface area contributed by atoms with Crippen LogP contribution in [-0.2, 0) is 0 Å². The Morgan fingerprint density at radius 3 is 2.63 bits per heavy atom. The van der Waals surface area contributed by atoms with Gasteiger partial charge in [0.1, 0.15) is 5.82 Å². The molecule has 3 atom stereocenters. The molecule has 4 rings (SSSR count). The molecule has 5 nitrogen and oxygen atoms in total. The first-order chi connectivity index (χ1) is 14.5. The number of aliphatic hydroxyl groups is 1. The molecular weight excluding hydrogens is 385 g/mol. The van der Waals surface area contributed by atoms with Crippen molar-refractivity contribution in [2.45, 2.75) is 43.7 Å². The van der Waals surface area contributed by atoms with Crippen LogP contribution in [0.15, 0.2) is 42.5 Å². The lowest BCUT2D eigenvalue weighted by molar-refractivity contribution is -0.115. The number of carbonyl (C=O) groups excluding carboxylic acids is 1. The Bertz CT molecular complexity index is 933. The summed E-state index contributed by atoms with van der Waals surface area (Å²) in [6.45, 7) is 0.418. The van der Waals surface area contributed by atoms with Crippen molar-refractivity contribution in [3.05, 3.63) is 59.4 Å². The van der Waals surface area contributed by atoms with Gasteiger partial charge in [0, 0.05) is 18.0 Å². The Morgan fingerprint density at radius 2 is 1.90 bits per heavy atom. The minimum Gasteiger partial charge on any atom is -0.493 e. The molecular formula is C24H28FNO4. The SMILES string of the molecule is COc1ccc([C@@H]2[C@H]3CCCC[C@]3(O)CCN2C(=O)c2cccc(F)c2)cc1OC. The van der Waals surface area contributed by atoms with Crippen molar-refractivity contribution in [1.82, 2.24) is 4.90 Å². The fourth-order valence-electron chi connectivity index (χ4n) is 5.15. The molecule has 0 spiro atoms. The Morgan fingerprint density at radius 1 is 1.10 bits per heavy atom. The normalized spacial score (nSPS) is 26.1. The van der Waals surface area contributed by atoms with Gasteiger partial charge in [0.2, 0.25) is 0 Å². The fraction of sp³-hybridized carbons (Fsp3) is 0.458. The molecule has 6 heteroatoms. The highest BCUT2D eigenvalue weighted by Gasteiger charge is 2.50. The van der Waals surface area contributed by atoms with Crippen LogP contribution in [0.3, 0.4) is 0 Å². The zero-order valence-electron chi connectivity index (χ0n) is 17.4. The molecule has 1 heterocycles. The number of benzene rings is 2. The molecule has 0 radical (unpaired) electrons. The van der Waals surface area contributed by atoms with E-state index in [9.17, 15) is 14.3 Å². The summed E-state index contributed by atoms with van der Waals surface area (Å²) in [6, 6.07) is 11.1. The number of hydrogen-bond acceptors (Lipinski definition) is 4. The molecule has 2 aromatic carbocycles. The van der Waals surface area contributed by atoms with E-state index in [0.29, 0.717) is 30.0 Å². The second-order valence-electron chi connectivity index (χ2n) is 8.27. The molecule has 2 aromatic rings. The van der Waals surface area contributed by atoms with Gasteiger partial charge in [-0.05, 0) is 55.2 Å². The first kappa shape index (κ1) is 20.7. The molecule has 1 saturated heterocycles. The summed E-state index contributed by atoms with van der Waals surface area (Å²) in [5.74, 6) is 0.448. The first-order valence-electron chi connectivity index (χ1n) is 10.5. The van der Waals surface area contributed by atoms with Gasteiger partial charge in [-0.15, -0.1) is 0 Å². The van der Waals surface area contributed by atoms with Crippen LogP contribution in [0, 0.1) is 11.7 Å². The van der Waals surface area contributed by atoms with E-state index in [4.69, 9.17) is 9.47 Å². The second kappa shape index (κ2) is 8.26. The van der Waals surface area contributed by atoms with Gasteiger partial charge in [-0.1, -0.05) is 25.0 Å². The zero-order valence-corrected chi connectivity index (χ0v) is 17.4. The van der Waals surface area contributed by atoms with E-state index in [-0.39, 0.29) is 17.9 Å². The molecule has 1 amide bonds. The van der Waals surface area contributed by atoms with Gasteiger partial charge in [-0.25, -0.2) is 4.39 Å². The van der Waals surface area contributed by atoms with E-state index in [1.807, 2.05) is 18.2 Å². The molecule has 1 aliphatic heterocycles. The quantitative estimate of drug-likeness (QED) is 0.810. The summed E-state index contributed by atoms with van der Waals surface area (Å²) >= 11 is 0. The minimum atomic E-state index is -0.797. The van der Waals surface area contributed by atoms with Crippen molar-refractivity contribution in [3.8, 4) is 11.5 Å². The number of nitrogens with zero attached hydrogens (tertiary/aromatic N) is 1. The van der Waals surface area contributed by atoms with Crippen LogP contribution in [-0.4, -0.2) is 42.3 Å². The summed E-state index contributed by atoms with van der Waals surface area (Å²) in [4.78, 5) is 15.2. The maximum Gasteiger partial charge on any atom is 0.254 e. The van der Waals surface area contributed by atoms with Crippen LogP contribution >= 0.6 is 0 Å². The molecule has 2 aliphatic rings. The predicted molar refractivity (Wildman–Crippen MR) is 111 cm³/mol. The lowest BCUT2D eigenvalue weighted by atomic mass is 9.66. The molecule has 0 bridgehead atoms. The van der Waals surface area contributed by atoms with E-state index >= 15 is 0 Å². The lowest BCUT2D eigenvalue weighted by Crippen LogP contribution is -2.56. The predicted octanol–water partition coefficient (Wildman–Crippen LogP) is 4.35. The Hall–Kier alpha value is -2.60. The summed E-state index contributed by atoms with van der Waals surface area (Å²) in [6.07, 6.45) is 4.11. The number of likely N-dealkylation sites (tertiary alicyclic amines) is 1. The molecule has 2 fully saturated rings. The molecule has 30 heavy (non-hydrogen) atoms. The number of methoxy groups -OCH3 is 2. The van der Waals surface area contributed by atoms with Gasteiger partial charge in [0.15, 0.2) is 11.5 Å². The third-order valence-electron chi connectivity index (χ3n) is 6.65. The third-order valence-corrected chi connectivity index (χ3v) is 6.65. The van der Waals surface area contributed by atoms with E-state index in [2.05, 4.69) is 0 Å². The van der Waals surface area contributed by atoms with Crippen LogP contribution in [0.2, 0.25) is 0 Å². The first-order valence-corrected chi connectivity index (χ1v) is 10.5. The zero-order chi connectivity index (χ0) is 21.3. The minimum absolute atomic E-state index is 0.0874. The van der Waals surface area contributed by atoms with Gasteiger partial charge in [-0.3, -0.25) is 4.79 Å². The van der Waals surface area contributed by atoms with Crippen molar-refractivity contribution in [2.24, 2.45) is 5.92 Å². The second-order valence-corrected chi connectivity index (χ2v) is 8.27. The lowest BCUT2D eigenvalue weighted by Gasteiger charge is -2.52. The summed E-state index contributed by atoms with van der Waals surface area (Å²) < 4.78 is 24.6. The summed E-state index contributed by atoms with van der Waals surface area (Å²) in [5.41, 5.74) is 0.415. The highest BCUT2D eigenvalue weighted by Crippen LogP contribution is 2.50. The number of carbonyl (C=O) groups is 1. The molecule has 0 unspecified atom stereocenters. The van der Waals surface area contributed by atoms with E-state index < -0.39 is 11.4 Å². The maximum absolute atomic E-state index is 13.8. The standard InChI is InChI=1S/C24H28FNO4/c1-29-20-10-9-16(15-21(20)30-2)22-19-8-3-4-11-24(19,28)12-13-26(22)23(27)17-6-5-7-18(25)14-17/h5-7,9-10,14-15,19,22,28H,3-4,8,11-13H2,1-2H3/t19-,22-,24+/m1/s1. The molecule has 0 aromatic heterocycles. The number of ether oxygens (including phenoxy) is 2. The van der Waals surface area contributed by atoms with Crippen LogP contribution in [0.5, 0.6) is 11.5 Å². The fourth-order valence-corrected chi connectivity index (χ4v) is 5.15. The monoisotopic (exact) mass is 413 g/mol. The van der Waals surface area contributed by atoms with Crippen molar-refractivity contribution < 1.29 is 23.8 Å². The molecule has 1 aliphatic carbocycles. The average molecular weight is 413 g/mol. The van der Waals surface area contributed by atoms with Gasteiger partial charge in [-0.2, -0.15) is 0 Å². The maximum atomic E-state index is 13.8. The highest BCUT2D eigenvalue weighted by molar-refractivity contribution is 5.94. The molecule has 160 valence electrons. The number of amides is 1. The van der Waals surface area contributed by atoms with Gasteiger partial charge < -0.3 is 19.5 Å². The van der Waals surface area contributed by atoms with Gasteiger partial charge >= 0.3 is 0 Å². The number of fused-ring (bicyclic) bond motifs is 1. The van der Waals surface area contributed by atoms with Crippen molar-refractivity contribution >= 4 is 5.91 Å². The van der Waals surface area contributed by atoms with Gasteiger partial charge in [0.05, 0.1) is 25.9 Å². The number of halogens is 1. The molecule has 1 saturated carbocycles. The van der Waals surface area contributed by atoms with Crippen LogP contribution in [0.4, 0.5) is 4.39 Å².